The number of urea groups is 1. The summed E-state index contributed by atoms with van der Waals surface area (Å²) < 4.78 is 33.7. The third kappa shape index (κ3) is 5.72. The molecule has 2 aromatic carbocycles. The molecule has 0 spiro atoms. The fourth-order valence-corrected chi connectivity index (χ4v) is 6.55. The van der Waals surface area contributed by atoms with E-state index >= 15 is 0 Å². The van der Waals surface area contributed by atoms with E-state index in [-0.39, 0.29) is 27.5 Å². The zero-order chi connectivity index (χ0) is 22.8. The Morgan fingerprint density at radius 1 is 1.06 bits per heavy atom. The summed E-state index contributed by atoms with van der Waals surface area (Å²) in [5.41, 5.74) is 5.48. The number of carbonyl (C=O) groups excluding carboxylic acids is 1. The van der Waals surface area contributed by atoms with Gasteiger partial charge in [-0.2, -0.15) is 4.31 Å². The maximum Gasteiger partial charge on any atom is 0.314 e. The van der Waals surface area contributed by atoms with E-state index in [1.807, 2.05) is 30.3 Å². The second-order valence-electron chi connectivity index (χ2n) is 8.49. The van der Waals surface area contributed by atoms with E-state index in [0.717, 1.165) is 0 Å². The first-order chi connectivity index (χ1) is 14.5. The van der Waals surface area contributed by atoms with E-state index in [1.165, 1.54) is 21.3 Å². The number of thioether (sulfide) groups is 1. The predicted molar refractivity (Wildman–Crippen MR) is 124 cm³/mol. The van der Waals surface area contributed by atoms with E-state index < -0.39 is 16.1 Å². The molecule has 31 heavy (non-hydrogen) atoms. The molecule has 7 nitrogen and oxygen atoms in total. The predicted octanol–water partition coefficient (Wildman–Crippen LogP) is 3.76. The molecule has 0 bridgehead atoms. The number of likely N-dealkylation sites (tertiary alicyclic amines) is 1. The van der Waals surface area contributed by atoms with Crippen LogP contribution in [0.3, 0.4) is 0 Å². The van der Waals surface area contributed by atoms with Gasteiger partial charge in [0.25, 0.3) is 0 Å². The summed E-state index contributed by atoms with van der Waals surface area (Å²) in [6.45, 7) is 6.91. The van der Waals surface area contributed by atoms with Gasteiger partial charge in [0.2, 0.25) is 10.0 Å². The number of sulfonamides is 1. The van der Waals surface area contributed by atoms with Gasteiger partial charge in [-0.05, 0) is 36.4 Å². The monoisotopic (exact) mass is 463 g/mol. The fourth-order valence-electron chi connectivity index (χ4n) is 3.50. The number of hydrogen-bond acceptors (Lipinski definition) is 5. The van der Waals surface area contributed by atoms with Crippen LogP contribution in [0.15, 0.2) is 59.5 Å². The molecular formula is C22H29N3O4S2. The highest BCUT2D eigenvalue weighted by atomic mass is 32.2. The number of carbonyl (C=O) groups is 1. The number of ether oxygens (including phenoxy) is 1. The van der Waals surface area contributed by atoms with E-state index in [4.69, 9.17) is 10.5 Å². The van der Waals surface area contributed by atoms with Crippen molar-refractivity contribution in [1.29, 1.82) is 0 Å². The first kappa shape index (κ1) is 23.4. The minimum Gasteiger partial charge on any atom is -0.457 e. The number of para-hydroxylation sites is 1. The van der Waals surface area contributed by atoms with Crippen LogP contribution in [0.5, 0.6) is 11.5 Å². The van der Waals surface area contributed by atoms with Gasteiger partial charge in [0.05, 0.1) is 10.9 Å². The summed E-state index contributed by atoms with van der Waals surface area (Å²) in [6.07, 6.45) is 0. The average molecular weight is 464 g/mol. The Morgan fingerprint density at radius 3 is 2.19 bits per heavy atom. The van der Waals surface area contributed by atoms with Gasteiger partial charge in [-0.1, -0.05) is 39.0 Å². The summed E-state index contributed by atoms with van der Waals surface area (Å²) >= 11 is 1.66. The van der Waals surface area contributed by atoms with E-state index in [9.17, 15) is 13.2 Å². The normalized spacial score (nSPS) is 19.6. The molecule has 1 heterocycles. The highest BCUT2D eigenvalue weighted by Crippen LogP contribution is 2.36. The third-order valence-corrected chi connectivity index (χ3v) is 8.37. The molecule has 1 aliphatic heterocycles. The van der Waals surface area contributed by atoms with Crippen LogP contribution in [0.25, 0.3) is 0 Å². The van der Waals surface area contributed by atoms with Crippen molar-refractivity contribution < 1.29 is 17.9 Å². The molecule has 0 aromatic heterocycles. The second-order valence-corrected chi connectivity index (χ2v) is 12.6. The Morgan fingerprint density at radius 2 is 1.65 bits per heavy atom. The molecule has 0 aliphatic carbocycles. The van der Waals surface area contributed by atoms with Gasteiger partial charge >= 0.3 is 6.03 Å². The summed E-state index contributed by atoms with van der Waals surface area (Å²) in [6, 6.07) is 14.7. The largest absolute Gasteiger partial charge is 0.457 e. The minimum absolute atomic E-state index is 0.0760. The number of primary amides is 1. The van der Waals surface area contributed by atoms with Gasteiger partial charge < -0.3 is 15.4 Å². The van der Waals surface area contributed by atoms with Crippen molar-refractivity contribution in [3.63, 3.8) is 0 Å². The van der Waals surface area contributed by atoms with Crippen LogP contribution in [0, 0.1) is 0 Å². The van der Waals surface area contributed by atoms with Crippen molar-refractivity contribution in [1.82, 2.24) is 9.21 Å². The van der Waals surface area contributed by atoms with Crippen LogP contribution in [0.4, 0.5) is 4.79 Å². The number of likely N-dealkylation sites (N-methyl/N-ethyl adjacent to an activating group) is 1. The number of amides is 2. The molecule has 0 radical (unpaired) electrons. The Balaban J connectivity index is 1.80. The average Bonchev–Trinajstić information content (AvgIpc) is 3.10. The van der Waals surface area contributed by atoms with Crippen LogP contribution in [0.2, 0.25) is 0 Å². The summed E-state index contributed by atoms with van der Waals surface area (Å²) in [5.74, 6) is 1.23. The minimum atomic E-state index is -3.76. The quantitative estimate of drug-likeness (QED) is 0.704. The molecule has 168 valence electrons. The number of nitrogens with two attached hydrogens (primary N) is 1. The Kier molecular flexibility index (Phi) is 6.88. The van der Waals surface area contributed by atoms with Gasteiger partial charge in [-0.3, -0.25) is 0 Å². The first-order valence-electron chi connectivity index (χ1n) is 10.0. The smallest absolute Gasteiger partial charge is 0.314 e. The van der Waals surface area contributed by atoms with Crippen molar-refractivity contribution >= 4 is 27.8 Å². The van der Waals surface area contributed by atoms with Crippen LogP contribution >= 0.6 is 11.8 Å². The van der Waals surface area contributed by atoms with Crippen molar-refractivity contribution in [2.75, 3.05) is 20.1 Å². The van der Waals surface area contributed by atoms with Gasteiger partial charge in [-0.25, -0.2) is 13.2 Å². The zero-order valence-electron chi connectivity index (χ0n) is 18.2. The lowest BCUT2D eigenvalue weighted by Crippen LogP contribution is -2.44. The van der Waals surface area contributed by atoms with Crippen molar-refractivity contribution in [2.45, 2.75) is 41.7 Å². The molecule has 9 heteroatoms. The van der Waals surface area contributed by atoms with Crippen LogP contribution in [-0.4, -0.2) is 59.8 Å². The van der Waals surface area contributed by atoms with Crippen LogP contribution in [-0.2, 0) is 10.0 Å². The number of benzene rings is 2. The lowest BCUT2D eigenvalue weighted by molar-refractivity contribution is 0.215. The van der Waals surface area contributed by atoms with Crippen LogP contribution < -0.4 is 10.5 Å². The van der Waals surface area contributed by atoms with E-state index in [2.05, 4.69) is 20.8 Å². The highest BCUT2D eigenvalue weighted by molar-refractivity contribution is 8.01. The van der Waals surface area contributed by atoms with Gasteiger partial charge in [0.15, 0.2) is 0 Å². The van der Waals surface area contributed by atoms with E-state index in [0.29, 0.717) is 18.0 Å². The van der Waals surface area contributed by atoms with Crippen LogP contribution in [0.1, 0.15) is 20.8 Å². The molecule has 3 rings (SSSR count). The van der Waals surface area contributed by atoms with Gasteiger partial charge in [0.1, 0.15) is 11.5 Å². The molecule has 2 N–H and O–H groups in total. The Bertz CT molecular complexity index is 1010. The maximum atomic E-state index is 13.3. The zero-order valence-corrected chi connectivity index (χ0v) is 19.8. The number of hydrogen-bond donors (Lipinski definition) is 1. The molecular weight excluding hydrogens is 434 g/mol. The molecule has 1 saturated heterocycles. The summed E-state index contributed by atoms with van der Waals surface area (Å²) in [4.78, 5) is 13.4. The first-order valence-corrected chi connectivity index (χ1v) is 12.3. The molecule has 1 aliphatic rings. The lowest BCUT2D eigenvalue weighted by atomic mass is 10.2. The van der Waals surface area contributed by atoms with Gasteiger partial charge in [0, 0.05) is 30.1 Å². The SMILES string of the molecule is CN(C1CN(C(N)=O)CC1SC(C)(C)C)S(=O)(=O)c1ccc(Oc2ccccc2)cc1. The van der Waals surface area contributed by atoms with Crippen molar-refractivity contribution in [3.8, 4) is 11.5 Å². The molecule has 1 fully saturated rings. The van der Waals surface area contributed by atoms with E-state index in [1.54, 1.807) is 30.9 Å². The fraction of sp³-hybridized carbons (Fsp3) is 0.409. The molecule has 2 aromatic rings. The highest BCUT2D eigenvalue weighted by Gasteiger charge is 2.43. The lowest BCUT2D eigenvalue weighted by Gasteiger charge is -2.31. The molecule has 2 amide bonds. The standard InChI is InChI=1S/C22H29N3O4S2/c1-22(2,3)30-20-15-25(21(23)26)14-19(20)24(4)31(27,28)18-12-10-17(11-13-18)29-16-8-6-5-7-9-16/h5-13,19-20H,14-15H2,1-4H3,(H2,23,26). The second kappa shape index (κ2) is 9.10. The maximum absolute atomic E-state index is 13.3. The molecule has 2 unspecified atom stereocenters. The summed E-state index contributed by atoms with van der Waals surface area (Å²) in [5, 5.41) is -0.0760. The number of nitrogens with zero attached hydrogens (tertiary/aromatic N) is 2. The Hall–Kier alpha value is -2.23. The topological polar surface area (TPSA) is 92.9 Å². The van der Waals surface area contributed by atoms with Crippen molar-refractivity contribution in [3.05, 3.63) is 54.6 Å². The Labute approximate surface area is 188 Å². The van der Waals surface area contributed by atoms with Crippen molar-refractivity contribution in [2.24, 2.45) is 5.73 Å². The molecule has 2 atom stereocenters. The summed E-state index contributed by atoms with van der Waals surface area (Å²) in [7, 11) is -2.20. The third-order valence-electron chi connectivity index (χ3n) is 5.00. The van der Waals surface area contributed by atoms with Gasteiger partial charge in [-0.15, -0.1) is 11.8 Å². The number of rotatable bonds is 6. The molecule has 0 saturated carbocycles.